The fourth-order valence-corrected chi connectivity index (χ4v) is 4.78. The van der Waals surface area contributed by atoms with Crippen molar-refractivity contribution in [2.24, 2.45) is 0 Å². The first-order valence-corrected chi connectivity index (χ1v) is 11.6. The molecule has 5 nitrogen and oxygen atoms in total. The molecule has 0 radical (unpaired) electrons. The van der Waals surface area contributed by atoms with E-state index in [0.717, 1.165) is 37.2 Å². The Balaban J connectivity index is 1.39. The quantitative estimate of drug-likeness (QED) is 0.501. The van der Waals surface area contributed by atoms with Crippen molar-refractivity contribution in [1.29, 1.82) is 0 Å². The van der Waals surface area contributed by atoms with Crippen LogP contribution in [0.25, 0.3) is 0 Å². The topological polar surface area (TPSA) is 58.6 Å². The van der Waals surface area contributed by atoms with Gasteiger partial charge in [-0.1, -0.05) is 31.4 Å². The Morgan fingerprint density at radius 3 is 2.61 bits per heavy atom. The predicted octanol–water partition coefficient (Wildman–Crippen LogP) is 3.87. The Bertz CT molecular complexity index is 640. The van der Waals surface area contributed by atoms with Crippen LogP contribution in [0.1, 0.15) is 61.7 Å². The van der Waals surface area contributed by atoms with E-state index >= 15 is 0 Å². The number of ether oxygens (including phenoxy) is 1. The Kier molecular flexibility index (Phi) is 8.68. The number of carbonyl (C=O) groups is 2. The molecule has 3 rings (SSSR count). The number of hydrogen-bond donors (Lipinski definition) is 1. The average Bonchev–Trinajstić information content (AvgIpc) is 3.27. The summed E-state index contributed by atoms with van der Waals surface area (Å²) < 4.78 is 5.91. The van der Waals surface area contributed by atoms with Crippen molar-refractivity contribution in [2.45, 2.75) is 62.4 Å². The van der Waals surface area contributed by atoms with E-state index in [9.17, 15) is 9.59 Å². The maximum Gasteiger partial charge on any atom is 0.252 e. The van der Waals surface area contributed by atoms with Crippen LogP contribution < -0.4 is 5.32 Å². The van der Waals surface area contributed by atoms with E-state index in [1.807, 2.05) is 29.2 Å². The van der Waals surface area contributed by atoms with Crippen LogP contribution in [-0.4, -0.2) is 54.8 Å². The third kappa shape index (κ3) is 6.52. The molecule has 1 aromatic carbocycles. The van der Waals surface area contributed by atoms with Crippen molar-refractivity contribution in [2.75, 3.05) is 32.0 Å². The number of carbonyl (C=O) groups excluding carboxylic acids is 2. The number of nitrogens with one attached hydrogen (secondary N) is 1. The number of amides is 2. The van der Waals surface area contributed by atoms with Crippen molar-refractivity contribution >= 4 is 23.6 Å². The van der Waals surface area contributed by atoms with Crippen molar-refractivity contribution in [3.63, 3.8) is 0 Å². The molecule has 28 heavy (non-hydrogen) atoms. The molecule has 0 spiro atoms. The molecule has 0 aromatic heterocycles. The zero-order valence-corrected chi connectivity index (χ0v) is 17.5. The van der Waals surface area contributed by atoms with Crippen LogP contribution >= 0.6 is 11.8 Å². The van der Waals surface area contributed by atoms with Crippen LogP contribution in [0.4, 0.5) is 0 Å². The molecule has 0 atom stereocenters. The number of rotatable bonds is 9. The monoisotopic (exact) mass is 404 g/mol. The molecule has 1 aromatic rings. The van der Waals surface area contributed by atoms with Gasteiger partial charge in [-0.2, -0.15) is 0 Å². The summed E-state index contributed by atoms with van der Waals surface area (Å²) in [7, 11) is 0. The van der Waals surface area contributed by atoms with Gasteiger partial charge < -0.3 is 15.0 Å². The normalized spacial score (nSPS) is 17.6. The van der Waals surface area contributed by atoms with Gasteiger partial charge in [-0.15, -0.1) is 11.8 Å². The van der Waals surface area contributed by atoms with Crippen molar-refractivity contribution in [3.05, 3.63) is 29.8 Å². The van der Waals surface area contributed by atoms with Crippen LogP contribution in [0.15, 0.2) is 29.2 Å². The summed E-state index contributed by atoms with van der Waals surface area (Å²) in [6.07, 6.45) is 9.66. The highest BCUT2D eigenvalue weighted by molar-refractivity contribution is 8.00. The third-order valence-electron chi connectivity index (χ3n) is 5.45. The first-order chi connectivity index (χ1) is 13.7. The molecule has 2 fully saturated rings. The van der Waals surface area contributed by atoms with Crippen molar-refractivity contribution in [3.8, 4) is 0 Å². The molecule has 154 valence electrons. The Hall–Kier alpha value is -1.53. The first kappa shape index (κ1) is 21.2. The molecule has 1 aliphatic carbocycles. The minimum Gasteiger partial charge on any atom is -0.378 e. The van der Waals surface area contributed by atoms with Crippen molar-refractivity contribution < 1.29 is 14.3 Å². The van der Waals surface area contributed by atoms with Crippen LogP contribution in [0.5, 0.6) is 0 Å². The molecule has 1 saturated heterocycles. The predicted molar refractivity (Wildman–Crippen MR) is 113 cm³/mol. The molecule has 1 aliphatic heterocycles. The van der Waals surface area contributed by atoms with E-state index in [2.05, 4.69) is 5.32 Å². The smallest absolute Gasteiger partial charge is 0.252 e. The summed E-state index contributed by atoms with van der Waals surface area (Å²) in [4.78, 5) is 27.6. The lowest BCUT2D eigenvalue weighted by molar-refractivity contribution is -0.127. The molecule has 1 saturated carbocycles. The highest BCUT2D eigenvalue weighted by Crippen LogP contribution is 2.24. The molecule has 0 unspecified atom stereocenters. The molecule has 2 aliphatic rings. The van der Waals surface area contributed by atoms with Gasteiger partial charge >= 0.3 is 0 Å². The second-order valence-electron chi connectivity index (χ2n) is 7.61. The number of likely N-dealkylation sites (tertiary alicyclic amines) is 1. The van der Waals surface area contributed by atoms with Gasteiger partial charge in [-0.3, -0.25) is 9.59 Å². The van der Waals surface area contributed by atoms with E-state index in [1.54, 1.807) is 0 Å². The van der Waals surface area contributed by atoms with Crippen LogP contribution in [0.3, 0.4) is 0 Å². The molecular weight excluding hydrogens is 372 g/mol. The van der Waals surface area contributed by atoms with E-state index in [0.29, 0.717) is 30.6 Å². The van der Waals surface area contributed by atoms with Gasteiger partial charge in [0.2, 0.25) is 5.91 Å². The summed E-state index contributed by atoms with van der Waals surface area (Å²) in [6, 6.07) is 7.53. The zero-order valence-electron chi connectivity index (χ0n) is 16.7. The largest absolute Gasteiger partial charge is 0.378 e. The second kappa shape index (κ2) is 11.5. The van der Waals surface area contributed by atoms with E-state index in [-0.39, 0.29) is 11.8 Å². The third-order valence-corrected chi connectivity index (χ3v) is 6.51. The first-order valence-electron chi connectivity index (χ1n) is 10.6. The summed E-state index contributed by atoms with van der Waals surface area (Å²) in [5.41, 5.74) is 0.648. The molecule has 2 amide bonds. The van der Waals surface area contributed by atoms with Gasteiger partial charge in [0.25, 0.3) is 5.91 Å². The number of hydrogen-bond acceptors (Lipinski definition) is 4. The van der Waals surface area contributed by atoms with Gasteiger partial charge in [0.15, 0.2) is 0 Å². The minimum absolute atomic E-state index is 0.0746. The standard InChI is InChI=1S/C22H32N2O3S/c25-21(24-14-6-7-15-24)17-28-20-12-5-4-11-19(20)22(26)23-13-8-16-27-18-9-2-1-3-10-18/h4-5,11-12,18H,1-3,6-10,13-17H2,(H,23,26). The van der Waals surface area contributed by atoms with E-state index < -0.39 is 0 Å². The molecular formula is C22H32N2O3S. The van der Waals surface area contributed by atoms with E-state index in [1.165, 1.54) is 43.9 Å². The van der Waals surface area contributed by atoms with Gasteiger partial charge in [-0.05, 0) is 44.2 Å². The fourth-order valence-electron chi connectivity index (χ4n) is 3.83. The van der Waals surface area contributed by atoms with Gasteiger partial charge in [0.1, 0.15) is 0 Å². The number of nitrogens with zero attached hydrogens (tertiary/aromatic N) is 1. The maximum atomic E-state index is 12.6. The molecule has 0 bridgehead atoms. The second-order valence-corrected chi connectivity index (χ2v) is 8.63. The summed E-state index contributed by atoms with van der Waals surface area (Å²) in [6.45, 7) is 3.04. The van der Waals surface area contributed by atoms with Gasteiger partial charge in [0, 0.05) is 31.1 Å². The number of benzene rings is 1. The SMILES string of the molecule is O=C(NCCCOC1CCCCC1)c1ccccc1SCC(=O)N1CCCC1. The minimum atomic E-state index is -0.0746. The Labute approximate surface area is 172 Å². The maximum absolute atomic E-state index is 12.6. The Morgan fingerprint density at radius 2 is 1.82 bits per heavy atom. The van der Waals surface area contributed by atoms with Gasteiger partial charge in [-0.25, -0.2) is 0 Å². The zero-order chi connectivity index (χ0) is 19.6. The summed E-state index contributed by atoms with van der Waals surface area (Å²) in [5.74, 6) is 0.478. The lowest BCUT2D eigenvalue weighted by Gasteiger charge is -2.21. The van der Waals surface area contributed by atoms with E-state index in [4.69, 9.17) is 4.74 Å². The van der Waals surface area contributed by atoms with Crippen LogP contribution in [0.2, 0.25) is 0 Å². The van der Waals surface area contributed by atoms with Crippen LogP contribution in [-0.2, 0) is 9.53 Å². The lowest BCUT2D eigenvalue weighted by atomic mass is 9.98. The highest BCUT2D eigenvalue weighted by atomic mass is 32.2. The van der Waals surface area contributed by atoms with Crippen LogP contribution in [0, 0.1) is 0 Å². The lowest BCUT2D eigenvalue weighted by Crippen LogP contribution is -2.29. The van der Waals surface area contributed by atoms with Crippen molar-refractivity contribution in [1.82, 2.24) is 10.2 Å². The highest BCUT2D eigenvalue weighted by Gasteiger charge is 2.19. The summed E-state index contributed by atoms with van der Waals surface area (Å²) >= 11 is 1.46. The Morgan fingerprint density at radius 1 is 1.07 bits per heavy atom. The van der Waals surface area contributed by atoms with Gasteiger partial charge in [0.05, 0.1) is 17.4 Å². The average molecular weight is 405 g/mol. The molecule has 6 heteroatoms. The molecule has 1 heterocycles. The molecule has 1 N–H and O–H groups in total. The fraction of sp³-hybridized carbons (Fsp3) is 0.636. The summed E-state index contributed by atoms with van der Waals surface area (Å²) in [5, 5.41) is 2.99. The number of thioether (sulfide) groups is 1.